The Hall–Kier alpha value is -5.33. The van der Waals surface area contributed by atoms with Crippen LogP contribution in [0.3, 0.4) is 0 Å². The molecule has 1 aromatic heterocycles. The first kappa shape index (κ1) is 51.7. The van der Waals surface area contributed by atoms with Gasteiger partial charge >= 0.3 is 31.9 Å². The van der Waals surface area contributed by atoms with E-state index in [1.807, 2.05) is 6.07 Å². The quantitative estimate of drug-likeness (QED) is 0.0297. The Labute approximate surface area is 376 Å². The van der Waals surface area contributed by atoms with Gasteiger partial charge in [-0.15, -0.1) is 4.67 Å². The van der Waals surface area contributed by atoms with Gasteiger partial charge in [-0.3, -0.25) is 19.1 Å². The van der Waals surface area contributed by atoms with E-state index in [9.17, 15) is 50.9 Å². The van der Waals surface area contributed by atoms with Crippen LogP contribution in [0, 0.1) is 17.2 Å². The van der Waals surface area contributed by atoms with Crippen molar-refractivity contribution in [1.82, 2.24) is 14.2 Å². The third kappa shape index (κ3) is 11.6. The lowest BCUT2D eigenvalue weighted by Gasteiger charge is -2.39. The molecule has 0 aliphatic carbocycles. The fourth-order valence-corrected chi connectivity index (χ4v) is 10.8. The molecule has 358 valence electrons. The van der Waals surface area contributed by atoms with Crippen LogP contribution in [-0.2, 0) is 33.9 Å². The van der Waals surface area contributed by atoms with E-state index in [1.165, 1.54) is 14.2 Å². The summed E-state index contributed by atoms with van der Waals surface area (Å²) in [7, 11) is -1.04. The minimum absolute atomic E-state index is 0.247. The Bertz CT molecular complexity index is 2310. The third-order valence-electron chi connectivity index (χ3n) is 10.6. The van der Waals surface area contributed by atoms with Gasteiger partial charge < -0.3 is 28.4 Å². The number of aromatic nitrogens is 2. The fourth-order valence-electron chi connectivity index (χ4n) is 7.92. The number of hydrogen-bond donors (Lipinski definition) is 2. The van der Waals surface area contributed by atoms with Crippen molar-refractivity contribution in [3.8, 4) is 17.6 Å². The van der Waals surface area contributed by atoms with Crippen molar-refractivity contribution < 1.29 is 69.0 Å². The van der Waals surface area contributed by atoms with Crippen molar-refractivity contribution in [2.75, 3.05) is 33.8 Å². The summed E-state index contributed by atoms with van der Waals surface area (Å²) in [4.78, 5) is 52.8. The smallest absolute Gasteiger partial charge is 0.411 e. The van der Waals surface area contributed by atoms with Crippen LogP contribution in [0.25, 0.3) is 0 Å². The zero-order valence-corrected chi connectivity index (χ0v) is 37.5. The molecule has 1 saturated heterocycles. The number of hydrogen-bond acceptors (Lipinski definition) is 13. The summed E-state index contributed by atoms with van der Waals surface area (Å²) in [6.07, 6.45) is -18.4. The first-order valence-electron chi connectivity index (χ1n) is 20.4. The maximum atomic E-state index is 13.5. The molecular weight excluding hydrogens is 905 g/mol. The van der Waals surface area contributed by atoms with E-state index < -0.39 is 99.0 Å². The topological polar surface area (TPSA) is 184 Å². The van der Waals surface area contributed by atoms with Gasteiger partial charge in [0.15, 0.2) is 19.1 Å². The number of halogens is 6. The van der Waals surface area contributed by atoms with Gasteiger partial charge in [0.1, 0.15) is 35.5 Å². The van der Waals surface area contributed by atoms with Crippen LogP contribution in [-0.4, -0.2) is 102 Å². The van der Waals surface area contributed by atoms with Crippen molar-refractivity contribution in [2.24, 2.45) is 5.92 Å². The van der Waals surface area contributed by atoms with Gasteiger partial charge in [0.2, 0.25) is 5.92 Å². The standard InChI is InChI=1S/C44H49F6N4O11P/c1-27(2)54(28(3)4)66(58,24-10-22-51)65-36-34(64-39(53-23-21-35(55)52-41(53)57)37(36)61-26-62-40(56)38(43(45,46)47)44(48,49)50)25-63-42(29-11-8-7-9-12-29,30-13-17-32(59-5)18-14-30)31-15-19-33(60-6)20-16-31/h7-9,11-21,23,27-28,34,36-39,58H,10,24-26H2,1-6H3/p+1/t34-,36-,37-,39-,66?/m1/s1. The number of carbonyl (C=O) groups excluding carboxylic acids is 1. The number of aromatic amines is 1. The zero-order valence-electron chi connectivity index (χ0n) is 36.6. The molecule has 0 bridgehead atoms. The molecule has 5 atom stereocenters. The van der Waals surface area contributed by atoms with E-state index in [1.54, 1.807) is 111 Å². The Kier molecular flexibility index (Phi) is 16.9. The summed E-state index contributed by atoms with van der Waals surface area (Å²) in [5, 5.41) is 9.71. The van der Waals surface area contributed by atoms with E-state index in [4.69, 9.17) is 28.2 Å². The number of benzene rings is 3. The van der Waals surface area contributed by atoms with Crippen molar-refractivity contribution >= 4 is 13.8 Å². The van der Waals surface area contributed by atoms with Crippen LogP contribution < -0.4 is 20.7 Å². The molecule has 22 heteroatoms. The highest BCUT2D eigenvalue weighted by Crippen LogP contribution is 2.64. The van der Waals surface area contributed by atoms with Crippen LogP contribution >= 0.6 is 7.87 Å². The van der Waals surface area contributed by atoms with Gasteiger partial charge in [-0.1, -0.05) is 54.6 Å². The van der Waals surface area contributed by atoms with E-state index in [0.29, 0.717) is 28.2 Å². The van der Waals surface area contributed by atoms with Crippen LogP contribution in [0.15, 0.2) is 101 Å². The van der Waals surface area contributed by atoms with Crippen molar-refractivity contribution in [3.63, 3.8) is 0 Å². The van der Waals surface area contributed by atoms with Crippen LogP contribution in [0.2, 0.25) is 0 Å². The highest BCUT2D eigenvalue weighted by Gasteiger charge is 2.63. The Morgan fingerprint density at radius 1 is 0.848 bits per heavy atom. The molecule has 1 unspecified atom stereocenters. The number of ether oxygens (including phenoxy) is 6. The average Bonchev–Trinajstić information content (AvgIpc) is 3.57. The van der Waals surface area contributed by atoms with Gasteiger partial charge in [-0.05, 0) is 68.7 Å². The summed E-state index contributed by atoms with van der Waals surface area (Å²) in [5.74, 6) is -6.25. The molecule has 4 aromatic rings. The fraction of sp³-hybridized carbons (Fsp3) is 0.455. The first-order chi connectivity index (χ1) is 31.1. The normalized spacial score (nSPS) is 19.0. The first-order valence-corrected chi connectivity index (χ1v) is 22.2. The highest BCUT2D eigenvalue weighted by atomic mass is 31.2. The number of nitrogens with one attached hydrogen (secondary N) is 1. The molecule has 0 saturated carbocycles. The molecule has 0 amide bonds. The van der Waals surface area contributed by atoms with E-state index in [2.05, 4.69) is 9.72 Å². The second-order valence-electron chi connectivity index (χ2n) is 15.6. The van der Waals surface area contributed by atoms with E-state index in [0.717, 1.165) is 16.8 Å². The summed E-state index contributed by atoms with van der Waals surface area (Å²) in [6, 6.07) is 24.8. The molecule has 66 heavy (non-hydrogen) atoms. The van der Waals surface area contributed by atoms with Gasteiger partial charge in [-0.25, -0.2) is 9.69 Å². The number of methoxy groups -OCH3 is 2. The highest BCUT2D eigenvalue weighted by molar-refractivity contribution is 7.63. The molecule has 5 rings (SSSR count). The van der Waals surface area contributed by atoms with Crippen LogP contribution in [0.4, 0.5) is 26.3 Å². The van der Waals surface area contributed by atoms with Crippen molar-refractivity contribution in [2.45, 2.75) is 88.7 Å². The number of nitriles is 1. The minimum atomic E-state index is -6.09. The minimum Gasteiger partial charge on any atom is -0.497 e. The summed E-state index contributed by atoms with van der Waals surface area (Å²) in [5.41, 5.74) is -1.79. The van der Waals surface area contributed by atoms with Gasteiger partial charge in [-0.2, -0.15) is 36.1 Å². The molecule has 15 nitrogen and oxygen atoms in total. The summed E-state index contributed by atoms with van der Waals surface area (Å²) < 4.78 is 125. The average molecular weight is 956 g/mol. The van der Waals surface area contributed by atoms with E-state index in [-0.39, 0.29) is 12.6 Å². The zero-order chi connectivity index (χ0) is 48.6. The van der Waals surface area contributed by atoms with Crippen molar-refractivity contribution in [3.05, 3.63) is 129 Å². The Morgan fingerprint density at radius 3 is 1.85 bits per heavy atom. The SMILES string of the molecule is COc1ccc(C(OC[C@H]2O[C@@H](n3ccc(=O)[nH]c3=O)[C@H](OCOC(=O)C(C(F)(F)F)C(F)(F)F)[C@@H]2O[P+](O)(CCC#N)N(C(C)C)C(C)C)(c2ccccc2)c2ccc(OC)cc2)cc1. The maximum absolute atomic E-state index is 13.5. The van der Waals surface area contributed by atoms with Crippen molar-refractivity contribution in [1.29, 1.82) is 5.26 Å². The Morgan fingerprint density at radius 2 is 1.38 bits per heavy atom. The van der Waals surface area contributed by atoms with Gasteiger partial charge in [0.25, 0.3) is 5.56 Å². The summed E-state index contributed by atoms with van der Waals surface area (Å²) >= 11 is 0. The summed E-state index contributed by atoms with van der Waals surface area (Å²) in [6.45, 7) is 4.89. The molecular formula is C44H50F6N4O11P+. The van der Waals surface area contributed by atoms with Gasteiger partial charge in [0.05, 0.1) is 33.3 Å². The number of alkyl halides is 6. The number of nitrogens with zero attached hydrogens (tertiary/aromatic N) is 3. The van der Waals surface area contributed by atoms with Crippen LogP contribution in [0.1, 0.15) is 57.0 Å². The molecule has 1 aliphatic heterocycles. The predicted molar refractivity (Wildman–Crippen MR) is 226 cm³/mol. The molecule has 2 heterocycles. The predicted octanol–water partition coefficient (Wildman–Crippen LogP) is 7.26. The molecule has 1 aliphatic rings. The van der Waals surface area contributed by atoms with E-state index >= 15 is 0 Å². The van der Waals surface area contributed by atoms with Gasteiger partial charge in [0, 0.05) is 24.3 Å². The third-order valence-corrected chi connectivity index (χ3v) is 13.7. The lowest BCUT2D eigenvalue weighted by atomic mass is 9.80. The molecule has 0 spiro atoms. The number of H-pyrrole nitrogens is 1. The Balaban J connectivity index is 1.71. The molecule has 3 aromatic carbocycles. The van der Waals surface area contributed by atoms with Crippen LogP contribution in [0.5, 0.6) is 11.5 Å². The monoisotopic (exact) mass is 955 g/mol. The maximum Gasteiger partial charge on any atom is 0.411 e. The lowest BCUT2D eigenvalue weighted by molar-refractivity contribution is -0.285. The molecule has 0 radical (unpaired) electrons. The number of rotatable bonds is 20. The lowest BCUT2D eigenvalue weighted by Crippen LogP contribution is -2.46. The number of carbonyl (C=O) groups is 1. The molecule has 2 N–H and O–H groups in total. The largest absolute Gasteiger partial charge is 0.497 e. The number of esters is 1. The second-order valence-corrected chi connectivity index (χ2v) is 18.0. The molecule has 1 fully saturated rings. The second kappa shape index (κ2) is 21.5.